The minimum absolute atomic E-state index is 0.517. The van der Waals surface area contributed by atoms with Gasteiger partial charge in [0.15, 0.2) is 0 Å². The molecule has 0 bridgehead atoms. The summed E-state index contributed by atoms with van der Waals surface area (Å²) < 4.78 is 0. The van der Waals surface area contributed by atoms with E-state index >= 15 is 0 Å². The maximum absolute atomic E-state index is 11.2. The maximum atomic E-state index is 11.2. The van der Waals surface area contributed by atoms with Gasteiger partial charge in [0.25, 0.3) is 0 Å². The van der Waals surface area contributed by atoms with Gasteiger partial charge in [0.2, 0.25) is 0 Å². The molecule has 0 saturated heterocycles. The fourth-order valence-electron chi connectivity index (χ4n) is 1.87. The quantitative estimate of drug-likeness (QED) is 0.613. The number of likely N-dealkylation sites (N-methyl/N-ethyl adjacent to an activating group) is 2. The molecule has 0 amide bonds. The van der Waals surface area contributed by atoms with Crippen molar-refractivity contribution in [2.75, 3.05) is 47.3 Å². The number of carbonyl (C=O) groups is 1. The molecular formula is C12H27N3O2. The summed E-state index contributed by atoms with van der Waals surface area (Å²) in [6.07, 6.45) is 1.05. The zero-order valence-corrected chi connectivity index (χ0v) is 11.8. The molecule has 0 aromatic carbocycles. The van der Waals surface area contributed by atoms with E-state index in [0.29, 0.717) is 13.1 Å². The van der Waals surface area contributed by atoms with Gasteiger partial charge in [0, 0.05) is 6.54 Å². The molecule has 0 fully saturated rings. The molecular weight excluding hydrogens is 218 g/mol. The summed E-state index contributed by atoms with van der Waals surface area (Å²) >= 11 is 0. The number of carboxylic acid groups (broad SMARTS) is 1. The van der Waals surface area contributed by atoms with Crippen molar-refractivity contribution in [2.24, 2.45) is 0 Å². The number of nitrogens with zero attached hydrogens (tertiary/aromatic N) is 2. The number of rotatable bonds is 9. The van der Waals surface area contributed by atoms with Crippen LogP contribution in [-0.2, 0) is 4.79 Å². The predicted molar refractivity (Wildman–Crippen MR) is 70.4 cm³/mol. The molecule has 0 heterocycles. The van der Waals surface area contributed by atoms with E-state index in [2.05, 4.69) is 15.1 Å². The van der Waals surface area contributed by atoms with Crippen molar-refractivity contribution in [3.63, 3.8) is 0 Å². The van der Waals surface area contributed by atoms with Gasteiger partial charge in [-0.3, -0.25) is 4.79 Å². The minimum Gasteiger partial charge on any atom is -0.480 e. The molecule has 0 aromatic rings. The second-order valence-corrected chi connectivity index (χ2v) is 5.06. The SMILES string of the molecule is CCNC(C)(CN(C)CCCN(C)C)C(=O)O. The first-order valence-corrected chi connectivity index (χ1v) is 6.13. The van der Waals surface area contributed by atoms with Crippen LogP contribution in [0.2, 0.25) is 0 Å². The largest absolute Gasteiger partial charge is 0.480 e. The van der Waals surface area contributed by atoms with Gasteiger partial charge in [-0.05, 0) is 54.1 Å². The fourth-order valence-corrected chi connectivity index (χ4v) is 1.87. The molecule has 1 atom stereocenters. The Kier molecular flexibility index (Phi) is 7.34. The van der Waals surface area contributed by atoms with Crippen molar-refractivity contribution in [3.05, 3.63) is 0 Å². The molecule has 102 valence electrons. The summed E-state index contributed by atoms with van der Waals surface area (Å²) in [6, 6.07) is 0. The Bertz CT molecular complexity index is 234. The molecule has 0 aliphatic rings. The lowest BCUT2D eigenvalue weighted by Crippen LogP contribution is -2.56. The monoisotopic (exact) mass is 245 g/mol. The zero-order chi connectivity index (χ0) is 13.5. The number of nitrogens with one attached hydrogen (secondary N) is 1. The highest BCUT2D eigenvalue weighted by Gasteiger charge is 2.32. The third-order valence-electron chi connectivity index (χ3n) is 2.77. The average molecular weight is 245 g/mol. The first-order chi connectivity index (χ1) is 7.81. The summed E-state index contributed by atoms with van der Waals surface area (Å²) in [4.78, 5) is 15.4. The van der Waals surface area contributed by atoms with Gasteiger partial charge in [-0.15, -0.1) is 0 Å². The normalized spacial score (nSPS) is 15.2. The van der Waals surface area contributed by atoms with Gasteiger partial charge in [0.05, 0.1) is 0 Å². The van der Waals surface area contributed by atoms with E-state index in [-0.39, 0.29) is 0 Å². The van der Waals surface area contributed by atoms with Gasteiger partial charge in [0.1, 0.15) is 5.54 Å². The van der Waals surface area contributed by atoms with Gasteiger partial charge >= 0.3 is 5.97 Å². The van der Waals surface area contributed by atoms with Crippen LogP contribution in [0.3, 0.4) is 0 Å². The summed E-state index contributed by atoms with van der Waals surface area (Å²) in [5.74, 6) is -0.793. The van der Waals surface area contributed by atoms with Crippen molar-refractivity contribution in [2.45, 2.75) is 25.8 Å². The molecule has 1 unspecified atom stereocenters. The summed E-state index contributed by atoms with van der Waals surface area (Å²) in [6.45, 7) is 6.77. The molecule has 0 rings (SSSR count). The summed E-state index contributed by atoms with van der Waals surface area (Å²) in [5, 5.41) is 12.3. The Balaban J connectivity index is 4.13. The maximum Gasteiger partial charge on any atom is 0.324 e. The fraction of sp³-hybridized carbons (Fsp3) is 0.917. The van der Waals surface area contributed by atoms with Gasteiger partial charge in [-0.1, -0.05) is 6.92 Å². The molecule has 0 aliphatic carbocycles. The van der Waals surface area contributed by atoms with E-state index in [0.717, 1.165) is 19.5 Å². The minimum atomic E-state index is -0.860. The third kappa shape index (κ3) is 6.61. The topological polar surface area (TPSA) is 55.8 Å². The molecule has 5 heteroatoms. The molecule has 0 aliphatic heterocycles. The molecule has 0 radical (unpaired) electrons. The second kappa shape index (κ2) is 7.63. The number of hydrogen-bond acceptors (Lipinski definition) is 4. The number of hydrogen-bond donors (Lipinski definition) is 2. The van der Waals surface area contributed by atoms with Crippen molar-refractivity contribution in [1.29, 1.82) is 0 Å². The van der Waals surface area contributed by atoms with Crippen molar-refractivity contribution in [1.82, 2.24) is 15.1 Å². The van der Waals surface area contributed by atoms with Crippen LogP contribution in [0.15, 0.2) is 0 Å². The number of aliphatic carboxylic acids is 1. The van der Waals surface area contributed by atoms with Crippen LogP contribution in [0, 0.1) is 0 Å². The Labute approximate surface area is 105 Å². The Hall–Kier alpha value is -0.650. The molecule has 0 aromatic heterocycles. The standard InChI is InChI=1S/C12H27N3O2/c1-6-13-12(2,11(16)17)10-15(5)9-7-8-14(3)4/h13H,6-10H2,1-5H3,(H,16,17). The third-order valence-corrected chi connectivity index (χ3v) is 2.77. The van der Waals surface area contributed by atoms with Crippen LogP contribution in [0.5, 0.6) is 0 Å². The van der Waals surface area contributed by atoms with Crippen LogP contribution in [0.4, 0.5) is 0 Å². The molecule has 0 saturated carbocycles. The predicted octanol–water partition coefficient (Wildman–Crippen LogP) is 0.323. The number of carboxylic acids is 1. The smallest absolute Gasteiger partial charge is 0.324 e. The molecule has 5 nitrogen and oxygen atoms in total. The van der Waals surface area contributed by atoms with Crippen molar-refractivity contribution < 1.29 is 9.90 Å². The lowest BCUT2D eigenvalue weighted by molar-refractivity contribution is -0.144. The van der Waals surface area contributed by atoms with E-state index in [1.54, 1.807) is 6.92 Å². The Morgan fingerprint density at radius 1 is 1.29 bits per heavy atom. The van der Waals surface area contributed by atoms with E-state index in [1.165, 1.54) is 0 Å². The van der Waals surface area contributed by atoms with Crippen LogP contribution in [0.1, 0.15) is 20.3 Å². The van der Waals surface area contributed by atoms with Crippen molar-refractivity contribution >= 4 is 5.97 Å². The zero-order valence-electron chi connectivity index (χ0n) is 11.8. The Morgan fingerprint density at radius 2 is 1.88 bits per heavy atom. The molecule has 0 spiro atoms. The van der Waals surface area contributed by atoms with Crippen molar-refractivity contribution in [3.8, 4) is 0 Å². The van der Waals surface area contributed by atoms with Gasteiger partial charge < -0.3 is 20.2 Å². The lowest BCUT2D eigenvalue weighted by Gasteiger charge is -2.31. The van der Waals surface area contributed by atoms with E-state index < -0.39 is 11.5 Å². The summed E-state index contributed by atoms with van der Waals surface area (Å²) in [5.41, 5.74) is -0.860. The first kappa shape index (κ1) is 16.4. The van der Waals surface area contributed by atoms with Crippen LogP contribution < -0.4 is 5.32 Å². The van der Waals surface area contributed by atoms with Crippen LogP contribution in [0.25, 0.3) is 0 Å². The average Bonchev–Trinajstić information content (AvgIpc) is 2.16. The summed E-state index contributed by atoms with van der Waals surface area (Å²) in [7, 11) is 6.05. The van der Waals surface area contributed by atoms with E-state index in [9.17, 15) is 9.90 Å². The van der Waals surface area contributed by atoms with Gasteiger partial charge in [-0.25, -0.2) is 0 Å². The lowest BCUT2D eigenvalue weighted by atomic mass is 10.0. The van der Waals surface area contributed by atoms with Crippen LogP contribution >= 0.6 is 0 Å². The van der Waals surface area contributed by atoms with E-state index in [1.807, 2.05) is 28.1 Å². The highest BCUT2D eigenvalue weighted by molar-refractivity contribution is 5.78. The van der Waals surface area contributed by atoms with E-state index in [4.69, 9.17) is 0 Å². The van der Waals surface area contributed by atoms with Gasteiger partial charge in [-0.2, -0.15) is 0 Å². The highest BCUT2D eigenvalue weighted by Crippen LogP contribution is 2.06. The highest BCUT2D eigenvalue weighted by atomic mass is 16.4. The Morgan fingerprint density at radius 3 is 2.29 bits per heavy atom. The second-order valence-electron chi connectivity index (χ2n) is 5.06. The van der Waals surface area contributed by atoms with Crippen LogP contribution in [-0.4, -0.2) is 73.7 Å². The molecule has 2 N–H and O–H groups in total. The first-order valence-electron chi connectivity index (χ1n) is 6.13. The molecule has 17 heavy (non-hydrogen) atoms.